The van der Waals surface area contributed by atoms with Crippen LogP contribution in [0.15, 0.2) is 53.5 Å². The maximum Gasteiger partial charge on any atom is 0.215 e. The zero-order valence-electron chi connectivity index (χ0n) is 18.6. The third-order valence-corrected chi connectivity index (χ3v) is 6.38. The highest BCUT2D eigenvalue weighted by Gasteiger charge is 2.22. The second-order valence-corrected chi connectivity index (χ2v) is 9.62. The molecular formula is C23H33IN4O3S. The highest BCUT2D eigenvalue weighted by Crippen LogP contribution is 2.30. The SMILES string of the molecule is CCNC(=NCc1ccc(CS(=O)(=O)NC)cc1)NCc1ccccc1OCC1CC1.I. The van der Waals surface area contributed by atoms with Crippen molar-refractivity contribution in [3.8, 4) is 5.75 Å². The number of nitrogens with zero attached hydrogens (tertiary/aromatic N) is 1. The Balaban J connectivity index is 0.00000363. The number of rotatable bonds is 11. The van der Waals surface area contributed by atoms with Crippen LogP contribution in [0.1, 0.15) is 36.5 Å². The zero-order valence-corrected chi connectivity index (χ0v) is 21.8. The first-order chi connectivity index (χ1) is 15.0. The van der Waals surface area contributed by atoms with Gasteiger partial charge in [-0.15, -0.1) is 24.0 Å². The molecule has 0 bridgehead atoms. The van der Waals surface area contributed by atoms with Crippen molar-refractivity contribution in [2.75, 3.05) is 20.2 Å². The summed E-state index contributed by atoms with van der Waals surface area (Å²) in [5.74, 6) is 2.33. The number of halogens is 1. The maximum absolute atomic E-state index is 11.7. The molecule has 176 valence electrons. The molecule has 0 spiro atoms. The fraction of sp³-hybridized carbons (Fsp3) is 0.435. The average Bonchev–Trinajstić information content (AvgIpc) is 3.60. The number of sulfonamides is 1. The first-order valence-corrected chi connectivity index (χ1v) is 12.4. The Kier molecular flexibility index (Phi) is 10.7. The summed E-state index contributed by atoms with van der Waals surface area (Å²) in [6.45, 7) is 4.69. The quantitative estimate of drug-likeness (QED) is 0.218. The molecule has 2 aromatic carbocycles. The van der Waals surface area contributed by atoms with E-state index in [2.05, 4.69) is 26.4 Å². The van der Waals surface area contributed by atoms with E-state index in [1.54, 1.807) is 0 Å². The molecule has 0 heterocycles. The third-order valence-electron chi connectivity index (χ3n) is 5.04. The minimum absolute atomic E-state index is 0. The van der Waals surface area contributed by atoms with Crippen LogP contribution in [0.5, 0.6) is 5.75 Å². The molecule has 0 amide bonds. The topological polar surface area (TPSA) is 91.8 Å². The molecule has 0 saturated heterocycles. The van der Waals surface area contributed by atoms with Crippen LogP contribution in [0, 0.1) is 5.92 Å². The number of ether oxygens (including phenoxy) is 1. The predicted octanol–water partition coefficient (Wildman–Crippen LogP) is 3.40. The molecule has 0 unspecified atom stereocenters. The molecule has 3 N–H and O–H groups in total. The Bertz CT molecular complexity index is 977. The van der Waals surface area contributed by atoms with E-state index in [1.165, 1.54) is 19.9 Å². The summed E-state index contributed by atoms with van der Waals surface area (Å²) in [6, 6.07) is 15.6. The average molecular weight is 573 g/mol. The van der Waals surface area contributed by atoms with Crippen molar-refractivity contribution in [1.29, 1.82) is 0 Å². The van der Waals surface area contributed by atoms with Crippen LogP contribution in [0.3, 0.4) is 0 Å². The Morgan fingerprint density at radius 1 is 1.06 bits per heavy atom. The minimum Gasteiger partial charge on any atom is -0.493 e. The van der Waals surface area contributed by atoms with Crippen LogP contribution in [0.25, 0.3) is 0 Å². The summed E-state index contributed by atoms with van der Waals surface area (Å²) in [5, 5.41) is 6.64. The summed E-state index contributed by atoms with van der Waals surface area (Å²) < 4.78 is 31.7. The molecular weight excluding hydrogens is 539 g/mol. The molecule has 9 heteroatoms. The molecule has 2 aromatic rings. The first kappa shape index (κ1) is 26.4. The lowest BCUT2D eigenvalue weighted by molar-refractivity contribution is 0.296. The van der Waals surface area contributed by atoms with E-state index < -0.39 is 10.0 Å². The van der Waals surface area contributed by atoms with Gasteiger partial charge in [0.25, 0.3) is 0 Å². The number of benzene rings is 2. The van der Waals surface area contributed by atoms with Crippen molar-refractivity contribution in [3.05, 3.63) is 65.2 Å². The third kappa shape index (κ3) is 8.95. The molecule has 32 heavy (non-hydrogen) atoms. The van der Waals surface area contributed by atoms with Crippen LogP contribution < -0.4 is 20.1 Å². The van der Waals surface area contributed by atoms with E-state index in [9.17, 15) is 8.42 Å². The molecule has 1 fully saturated rings. The van der Waals surface area contributed by atoms with E-state index in [-0.39, 0.29) is 29.7 Å². The zero-order chi connectivity index (χ0) is 22.1. The van der Waals surface area contributed by atoms with Gasteiger partial charge < -0.3 is 15.4 Å². The Morgan fingerprint density at radius 3 is 2.41 bits per heavy atom. The molecule has 0 atom stereocenters. The number of para-hydroxylation sites is 1. The molecule has 1 saturated carbocycles. The van der Waals surface area contributed by atoms with Gasteiger partial charge >= 0.3 is 0 Å². The monoisotopic (exact) mass is 572 g/mol. The Labute approximate surface area is 208 Å². The van der Waals surface area contributed by atoms with Crippen LogP contribution >= 0.6 is 24.0 Å². The van der Waals surface area contributed by atoms with Gasteiger partial charge in [-0.2, -0.15) is 0 Å². The largest absolute Gasteiger partial charge is 0.493 e. The highest BCUT2D eigenvalue weighted by molar-refractivity contribution is 14.0. The van der Waals surface area contributed by atoms with Crippen molar-refractivity contribution >= 4 is 40.0 Å². The number of nitrogens with one attached hydrogen (secondary N) is 3. The highest BCUT2D eigenvalue weighted by atomic mass is 127. The van der Waals surface area contributed by atoms with Crippen LogP contribution in [0.4, 0.5) is 0 Å². The molecule has 0 aliphatic heterocycles. The lowest BCUT2D eigenvalue weighted by Gasteiger charge is -2.14. The standard InChI is InChI=1S/C23H32N4O3S.HI/c1-3-25-23(26-14-18-8-12-20(13-9-18)17-31(28,29)24-2)27-15-21-6-4-5-7-22(21)30-16-19-10-11-19;/h4-9,12-13,19,24H,3,10-11,14-17H2,1-2H3,(H2,25,26,27);1H. The van der Waals surface area contributed by atoms with Crippen molar-refractivity contribution in [2.45, 2.75) is 38.6 Å². The normalized spacial score (nSPS) is 13.9. The molecule has 3 rings (SSSR count). The summed E-state index contributed by atoms with van der Waals surface area (Å²) in [7, 11) is -1.85. The van der Waals surface area contributed by atoms with Gasteiger partial charge in [0.05, 0.1) is 18.9 Å². The van der Waals surface area contributed by atoms with Gasteiger partial charge in [-0.05, 0) is 49.9 Å². The summed E-state index contributed by atoms with van der Waals surface area (Å²) in [4.78, 5) is 4.66. The number of hydrogen-bond donors (Lipinski definition) is 3. The predicted molar refractivity (Wildman–Crippen MR) is 140 cm³/mol. The number of guanidine groups is 1. The minimum atomic E-state index is -3.27. The van der Waals surface area contributed by atoms with E-state index in [0.29, 0.717) is 19.0 Å². The second-order valence-electron chi connectivity index (χ2n) is 7.69. The maximum atomic E-state index is 11.7. The Morgan fingerprint density at radius 2 is 1.75 bits per heavy atom. The lowest BCUT2D eigenvalue weighted by Crippen LogP contribution is -2.36. The summed E-state index contributed by atoms with van der Waals surface area (Å²) in [5.41, 5.74) is 2.86. The number of hydrogen-bond acceptors (Lipinski definition) is 4. The summed E-state index contributed by atoms with van der Waals surface area (Å²) in [6.07, 6.45) is 2.54. The number of aliphatic imine (C=N–C) groups is 1. The molecule has 0 aromatic heterocycles. The van der Waals surface area contributed by atoms with Crippen LogP contribution in [-0.2, 0) is 28.9 Å². The van der Waals surface area contributed by atoms with Gasteiger partial charge in [-0.3, -0.25) is 0 Å². The van der Waals surface area contributed by atoms with Gasteiger partial charge in [0.1, 0.15) is 5.75 Å². The van der Waals surface area contributed by atoms with Crippen molar-refractivity contribution in [3.63, 3.8) is 0 Å². The molecule has 7 nitrogen and oxygen atoms in total. The van der Waals surface area contributed by atoms with E-state index in [0.717, 1.165) is 41.6 Å². The van der Waals surface area contributed by atoms with Gasteiger partial charge in [0, 0.05) is 18.7 Å². The molecule has 1 aliphatic carbocycles. The second kappa shape index (κ2) is 13.0. The van der Waals surface area contributed by atoms with Crippen molar-refractivity contribution in [1.82, 2.24) is 15.4 Å². The van der Waals surface area contributed by atoms with E-state index in [1.807, 2.05) is 49.4 Å². The van der Waals surface area contributed by atoms with Gasteiger partial charge in [-0.1, -0.05) is 42.5 Å². The van der Waals surface area contributed by atoms with E-state index in [4.69, 9.17) is 4.74 Å². The fourth-order valence-electron chi connectivity index (χ4n) is 3.01. The van der Waals surface area contributed by atoms with Crippen LogP contribution in [0.2, 0.25) is 0 Å². The molecule has 0 radical (unpaired) electrons. The van der Waals surface area contributed by atoms with Crippen molar-refractivity contribution < 1.29 is 13.2 Å². The Hall–Kier alpha value is -1.85. The van der Waals surface area contributed by atoms with E-state index >= 15 is 0 Å². The van der Waals surface area contributed by atoms with Gasteiger partial charge in [0.15, 0.2) is 5.96 Å². The molecule has 1 aliphatic rings. The lowest BCUT2D eigenvalue weighted by atomic mass is 10.1. The fourth-order valence-corrected chi connectivity index (χ4v) is 3.78. The van der Waals surface area contributed by atoms with Crippen LogP contribution in [-0.4, -0.2) is 34.6 Å². The first-order valence-electron chi connectivity index (χ1n) is 10.7. The smallest absolute Gasteiger partial charge is 0.215 e. The van der Waals surface area contributed by atoms with Gasteiger partial charge in [-0.25, -0.2) is 18.1 Å². The van der Waals surface area contributed by atoms with Crippen molar-refractivity contribution in [2.24, 2.45) is 10.9 Å². The summed E-state index contributed by atoms with van der Waals surface area (Å²) >= 11 is 0. The van der Waals surface area contributed by atoms with Gasteiger partial charge in [0.2, 0.25) is 10.0 Å².